The van der Waals surface area contributed by atoms with Gasteiger partial charge in [-0.2, -0.15) is 0 Å². The minimum Gasteiger partial charge on any atom is -0.490 e. The Morgan fingerprint density at radius 2 is 0.935 bits per heavy atom. The van der Waals surface area contributed by atoms with Crippen LogP contribution < -0.4 is 41.7 Å². The van der Waals surface area contributed by atoms with Crippen LogP contribution in [-0.2, 0) is 0 Å². The highest BCUT2D eigenvalue weighted by molar-refractivity contribution is 5.82. The number of rotatable bonds is 11. The molecule has 6 rings (SSSR count). The van der Waals surface area contributed by atoms with Crippen LogP contribution in [-0.4, -0.2) is 26.4 Å². The molecule has 234 valence electrons. The summed E-state index contributed by atoms with van der Waals surface area (Å²) in [6.07, 6.45) is 0. The van der Waals surface area contributed by atoms with Crippen LogP contribution in [0.1, 0.15) is 11.1 Å². The third kappa shape index (κ3) is 6.76. The first-order chi connectivity index (χ1) is 22.2. The lowest BCUT2D eigenvalue weighted by atomic mass is 10.0. The van der Waals surface area contributed by atoms with Gasteiger partial charge in [0.15, 0.2) is 0 Å². The predicted molar refractivity (Wildman–Crippen MR) is 177 cm³/mol. The van der Waals surface area contributed by atoms with Crippen molar-refractivity contribution in [3.05, 3.63) is 117 Å². The number of anilines is 2. The molecule has 0 amide bonds. The Hall–Kier alpha value is -5.90. The summed E-state index contributed by atoms with van der Waals surface area (Å²) in [4.78, 5) is 23.4. The summed E-state index contributed by atoms with van der Waals surface area (Å²) < 4.78 is 34.1. The zero-order chi connectivity index (χ0) is 32.2. The number of hydrogen-bond donors (Lipinski definition) is 2. The van der Waals surface area contributed by atoms with Gasteiger partial charge in [0.1, 0.15) is 60.6 Å². The molecule has 0 bridgehead atoms. The average Bonchev–Trinajstić information content (AvgIpc) is 3.02. The van der Waals surface area contributed by atoms with E-state index in [1.807, 2.05) is 62.4 Å². The number of nitrogens with two attached hydrogens (primary N) is 2. The molecule has 0 aliphatic rings. The normalized spacial score (nSPS) is 11.1. The summed E-state index contributed by atoms with van der Waals surface area (Å²) in [5, 5.41) is 1.71. The van der Waals surface area contributed by atoms with Crippen molar-refractivity contribution >= 4 is 33.3 Å². The van der Waals surface area contributed by atoms with E-state index in [0.717, 1.165) is 33.0 Å². The van der Waals surface area contributed by atoms with Crippen molar-refractivity contribution in [3.63, 3.8) is 0 Å². The van der Waals surface area contributed by atoms with Gasteiger partial charge in [-0.3, -0.25) is 0 Å². The number of hydrogen-bond acceptors (Lipinski definition) is 10. The third-order valence-electron chi connectivity index (χ3n) is 7.43. The molecule has 46 heavy (non-hydrogen) atoms. The zero-order valence-electron chi connectivity index (χ0n) is 25.3. The van der Waals surface area contributed by atoms with Gasteiger partial charge in [-0.1, -0.05) is 12.1 Å². The SMILES string of the molecule is Cc1cc(=O)oc2cc(OCCOc3cc(-c4ccc(N)c(OCCOc5ccc6c(C)cc(=O)oc6c5)c4)ccc3N)ccc12. The predicted octanol–water partition coefficient (Wildman–Crippen LogP) is 6.26. The van der Waals surface area contributed by atoms with Crippen molar-refractivity contribution in [2.45, 2.75) is 13.8 Å². The van der Waals surface area contributed by atoms with E-state index in [1.165, 1.54) is 12.1 Å². The Morgan fingerprint density at radius 3 is 1.37 bits per heavy atom. The van der Waals surface area contributed by atoms with Gasteiger partial charge in [-0.05, 0) is 84.6 Å². The summed E-state index contributed by atoms with van der Waals surface area (Å²) in [5.41, 5.74) is 16.9. The van der Waals surface area contributed by atoms with Crippen LogP contribution in [0.2, 0.25) is 0 Å². The number of fused-ring (bicyclic) bond motifs is 2. The number of ether oxygens (including phenoxy) is 4. The highest BCUT2D eigenvalue weighted by Gasteiger charge is 2.10. The molecule has 0 saturated carbocycles. The fourth-order valence-corrected chi connectivity index (χ4v) is 5.09. The first-order valence-electron chi connectivity index (χ1n) is 14.6. The molecule has 0 atom stereocenters. The van der Waals surface area contributed by atoms with Gasteiger partial charge >= 0.3 is 11.3 Å². The zero-order valence-corrected chi connectivity index (χ0v) is 25.3. The third-order valence-corrected chi connectivity index (χ3v) is 7.43. The Kier molecular flexibility index (Phi) is 8.51. The molecule has 2 aromatic heterocycles. The van der Waals surface area contributed by atoms with E-state index < -0.39 is 11.3 Å². The summed E-state index contributed by atoms with van der Waals surface area (Å²) in [6, 6.07) is 24.7. The highest BCUT2D eigenvalue weighted by Crippen LogP contribution is 2.33. The van der Waals surface area contributed by atoms with Gasteiger partial charge in [0.05, 0.1) is 11.4 Å². The van der Waals surface area contributed by atoms with Gasteiger partial charge in [0, 0.05) is 35.0 Å². The van der Waals surface area contributed by atoms with Crippen LogP contribution in [0, 0.1) is 13.8 Å². The van der Waals surface area contributed by atoms with Crippen LogP contribution in [0.4, 0.5) is 11.4 Å². The Morgan fingerprint density at radius 1 is 0.522 bits per heavy atom. The summed E-state index contributed by atoms with van der Waals surface area (Å²) in [5.74, 6) is 2.14. The Labute approximate surface area is 263 Å². The minimum atomic E-state index is -0.403. The van der Waals surface area contributed by atoms with E-state index in [4.69, 9.17) is 39.2 Å². The molecule has 0 spiro atoms. The molecule has 0 aliphatic carbocycles. The van der Waals surface area contributed by atoms with E-state index in [0.29, 0.717) is 45.5 Å². The Bertz CT molecular complexity index is 2010. The lowest BCUT2D eigenvalue weighted by Gasteiger charge is -2.14. The van der Waals surface area contributed by atoms with E-state index in [-0.39, 0.29) is 26.4 Å². The van der Waals surface area contributed by atoms with Gasteiger partial charge in [0.2, 0.25) is 0 Å². The lowest BCUT2D eigenvalue weighted by molar-refractivity contribution is 0.218. The van der Waals surface area contributed by atoms with Gasteiger partial charge in [-0.25, -0.2) is 9.59 Å². The summed E-state index contributed by atoms with van der Waals surface area (Å²) in [6.45, 7) is 4.70. The topological polar surface area (TPSA) is 149 Å². The molecule has 10 nitrogen and oxygen atoms in total. The lowest BCUT2D eigenvalue weighted by Crippen LogP contribution is -2.10. The monoisotopic (exact) mass is 620 g/mol. The van der Waals surface area contributed by atoms with Crippen LogP contribution in [0.5, 0.6) is 23.0 Å². The van der Waals surface area contributed by atoms with Gasteiger partial charge in [-0.15, -0.1) is 0 Å². The van der Waals surface area contributed by atoms with E-state index in [2.05, 4.69) is 0 Å². The quantitative estimate of drug-likeness (QED) is 0.0965. The van der Waals surface area contributed by atoms with Crippen LogP contribution >= 0.6 is 0 Å². The van der Waals surface area contributed by atoms with E-state index >= 15 is 0 Å². The fraction of sp³-hybridized carbons (Fsp3) is 0.167. The van der Waals surface area contributed by atoms with Crippen molar-refractivity contribution < 1.29 is 27.8 Å². The fourth-order valence-electron chi connectivity index (χ4n) is 5.09. The van der Waals surface area contributed by atoms with Gasteiger partial charge in [0.25, 0.3) is 0 Å². The maximum absolute atomic E-state index is 11.7. The minimum absolute atomic E-state index is 0.239. The van der Waals surface area contributed by atoms with Crippen LogP contribution in [0.3, 0.4) is 0 Å². The summed E-state index contributed by atoms with van der Waals surface area (Å²) in [7, 11) is 0. The van der Waals surface area contributed by atoms with E-state index in [9.17, 15) is 9.59 Å². The first-order valence-corrected chi connectivity index (χ1v) is 14.6. The van der Waals surface area contributed by atoms with Crippen molar-refractivity contribution in [3.8, 4) is 34.1 Å². The number of nitrogen functional groups attached to an aromatic ring is 2. The highest BCUT2D eigenvalue weighted by atomic mass is 16.5. The van der Waals surface area contributed by atoms with Crippen LogP contribution in [0.25, 0.3) is 33.1 Å². The second-order valence-electron chi connectivity index (χ2n) is 10.7. The number of benzene rings is 4. The second-order valence-corrected chi connectivity index (χ2v) is 10.7. The molecule has 4 N–H and O–H groups in total. The molecule has 4 aromatic carbocycles. The van der Waals surface area contributed by atoms with Crippen LogP contribution in [0.15, 0.2) is 103 Å². The maximum atomic E-state index is 11.7. The standard InChI is InChI=1S/C36H32N2O8/c1-21-15-35(39)45-31-19-25(5-7-27(21)31)41-11-13-43-33-17-23(3-9-29(33)37)24-4-10-30(38)34(18-24)44-14-12-42-26-6-8-28-22(2)16-36(40)46-32(28)20-26/h3-10,15-20H,11-14,37-38H2,1-2H3. The molecule has 0 unspecified atom stereocenters. The van der Waals surface area contributed by atoms with Gasteiger partial charge < -0.3 is 39.2 Å². The second kappa shape index (κ2) is 13.0. The smallest absolute Gasteiger partial charge is 0.336 e. The molecule has 0 saturated heterocycles. The average molecular weight is 621 g/mol. The molecule has 0 radical (unpaired) electrons. The first kappa shape index (κ1) is 30.1. The number of aryl methyl sites for hydroxylation is 2. The molecular weight excluding hydrogens is 588 g/mol. The molecule has 0 aliphatic heterocycles. The van der Waals surface area contributed by atoms with E-state index in [1.54, 1.807) is 24.3 Å². The molecule has 10 heteroatoms. The molecule has 0 fully saturated rings. The summed E-state index contributed by atoms with van der Waals surface area (Å²) >= 11 is 0. The van der Waals surface area contributed by atoms with Crippen molar-refractivity contribution in [2.75, 3.05) is 37.9 Å². The van der Waals surface area contributed by atoms with Crippen molar-refractivity contribution in [2.24, 2.45) is 0 Å². The maximum Gasteiger partial charge on any atom is 0.336 e. The van der Waals surface area contributed by atoms with Crippen molar-refractivity contribution in [1.82, 2.24) is 0 Å². The Balaban J connectivity index is 1.05. The molecule has 6 aromatic rings. The molecule has 2 heterocycles. The largest absolute Gasteiger partial charge is 0.490 e. The molecular formula is C36H32N2O8. The van der Waals surface area contributed by atoms with Crippen molar-refractivity contribution in [1.29, 1.82) is 0 Å².